The summed E-state index contributed by atoms with van der Waals surface area (Å²) < 4.78 is 5.81. The van der Waals surface area contributed by atoms with E-state index in [1.807, 2.05) is 24.3 Å². The molecule has 3 N–H and O–H groups in total. The van der Waals surface area contributed by atoms with E-state index in [0.29, 0.717) is 6.54 Å². The predicted octanol–water partition coefficient (Wildman–Crippen LogP) is 2.00. The highest BCUT2D eigenvalue weighted by Crippen LogP contribution is 2.32. The molecule has 0 aromatic heterocycles. The molecule has 1 aromatic rings. The number of amides is 1. The van der Waals surface area contributed by atoms with Crippen LogP contribution in [0, 0.1) is 5.92 Å². The molecule has 0 bridgehead atoms. The highest BCUT2D eigenvalue weighted by Gasteiger charge is 2.45. The van der Waals surface area contributed by atoms with Crippen molar-refractivity contribution in [2.45, 2.75) is 37.8 Å². The molecule has 0 spiro atoms. The first-order valence-corrected chi connectivity index (χ1v) is 6.95. The van der Waals surface area contributed by atoms with Gasteiger partial charge in [0.05, 0.1) is 12.1 Å². The van der Waals surface area contributed by atoms with E-state index >= 15 is 0 Å². The number of carbonyl (C=O) groups is 1. The first-order chi connectivity index (χ1) is 9.17. The van der Waals surface area contributed by atoms with Crippen molar-refractivity contribution in [1.29, 1.82) is 0 Å². The zero-order valence-corrected chi connectivity index (χ0v) is 12.2. The monoisotopic (exact) mass is 296 g/mol. The van der Waals surface area contributed by atoms with Gasteiger partial charge < -0.3 is 15.8 Å². The molecule has 1 aromatic carbocycles. The lowest BCUT2D eigenvalue weighted by atomic mass is 10.2. The van der Waals surface area contributed by atoms with Crippen molar-refractivity contribution in [2.75, 3.05) is 6.61 Å². The maximum absolute atomic E-state index is 11.8. The number of carbonyl (C=O) groups excluding carboxylic acids is 1. The summed E-state index contributed by atoms with van der Waals surface area (Å²) in [6.45, 7) is 1.27. The zero-order valence-electron chi connectivity index (χ0n) is 11.4. The summed E-state index contributed by atoms with van der Waals surface area (Å²) in [6, 6.07) is 7.86. The van der Waals surface area contributed by atoms with E-state index in [9.17, 15) is 4.79 Å². The Kier molecular flexibility index (Phi) is 4.55. The molecule has 4 nitrogen and oxygen atoms in total. The third-order valence-electron chi connectivity index (χ3n) is 3.82. The Morgan fingerprint density at radius 3 is 2.70 bits per heavy atom. The maximum atomic E-state index is 11.8. The Balaban J connectivity index is 0.00000147. The normalized spacial score (nSPS) is 18.9. The Morgan fingerprint density at radius 2 is 2.05 bits per heavy atom. The average Bonchev–Trinajstić information content (AvgIpc) is 3.31. The summed E-state index contributed by atoms with van der Waals surface area (Å²) in [5.41, 5.74) is 6.26. The van der Waals surface area contributed by atoms with Gasteiger partial charge in [-0.25, -0.2) is 0 Å². The number of hydrogen-bond acceptors (Lipinski definition) is 3. The Bertz CT molecular complexity index is 485. The first kappa shape index (κ1) is 15.1. The van der Waals surface area contributed by atoms with Crippen LogP contribution < -0.4 is 15.8 Å². The van der Waals surface area contributed by atoms with Crippen molar-refractivity contribution in [3.05, 3.63) is 29.8 Å². The van der Waals surface area contributed by atoms with E-state index in [2.05, 4.69) is 5.32 Å². The van der Waals surface area contributed by atoms with Crippen LogP contribution in [-0.4, -0.2) is 18.1 Å². The van der Waals surface area contributed by atoms with Gasteiger partial charge in [0.25, 0.3) is 0 Å². The largest absolute Gasteiger partial charge is 0.493 e. The molecule has 110 valence electrons. The second-order valence-corrected chi connectivity index (χ2v) is 5.70. The number of benzene rings is 1. The second kappa shape index (κ2) is 6.02. The number of ether oxygens (including phenoxy) is 1. The van der Waals surface area contributed by atoms with Crippen molar-refractivity contribution in [3.63, 3.8) is 0 Å². The van der Waals surface area contributed by atoms with Crippen LogP contribution in [-0.2, 0) is 11.3 Å². The van der Waals surface area contributed by atoms with Crippen LogP contribution in [0.25, 0.3) is 0 Å². The maximum Gasteiger partial charge on any atom is 0.240 e. The topological polar surface area (TPSA) is 64.4 Å². The van der Waals surface area contributed by atoms with Gasteiger partial charge in [-0.15, -0.1) is 12.4 Å². The Hall–Kier alpha value is -1.26. The van der Waals surface area contributed by atoms with Gasteiger partial charge >= 0.3 is 0 Å². The van der Waals surface area contributed by atoms with Crippen LogP contribution in [0.5, 0.6) is 5.75 Å². The van der Waals surface area contributed by atoms with E-state index in [0.717, 1.165) is 36.7 Å². The lowest BCUT2D eigenvalue weighted by molar-refractivity contribution is -0.123. The van der Waals surface area contributed by atoms with E-state index in [4.69, 9.17) is 10.5 Å². The fourth-order valence-corrected chi connectivity index (χ4v) is 2.00. The summed E-state index contributed by atoms with van der Waals surface area (Å²) in [5, 5.41) is 2.90. The van der Waals surface area contributed by atoms with E-state index in [1.54, 1.807) is 0 Å². The zero-order chi connectivity index (χ0) is 13.3. The van der Waals surface area contributed by atoms with Crippen molar-refractivity contribution in [3.8, 4) is 5.75 Å². The molecule has 2 aliphatic rings. The SMILES string of the molecule is Cl.NC1(C(=O)NCc2ccccc2OCC2CC2)CC1. The molecule has 3 rings (SSSR count). The smallest absolute Gasteiger partial charge is 0.240 e. The molecule has 20 heavy (non-hydrogen) atoms. The van der Waals surface area contributed by atoms with Crippen LogP contribution in [0.1, 0.15) is 31.2 Å². The highest BCUT2D eigenvalue weighted by molar-refractivity contribution is 5.88. The summed E-state index contributed by atoms with van der Waals surface area (Å²) in [7, 11) is 0. The van der Waals surface area contributed by atoms with E-state index in [-0.39, 0.29) is 18.3 Å². The Labute approximate surface area is 125 Å². The number of nitrogens with two attached hydrogens (primary N) is 1. The molecule has 2 fully saturated rings. The predicted molar refractivity (Wildman–Crippen MR) is 79.9 cm³/mol. The molecule has 0 heterocycles. The summed E-state index contributed by atoms with van der Waals surface area (Å²) in [6.07, 6.45) is 4.13. The summed E-state index contributed by atoms with van der Waals surface area (Å²) >= 11 is 0. The average molecular weight is 297 g/mol. The standard InChI is InChI=1S/C15H20N2O2.ClH/c16-15(7-8-15)14(18)17-9-12-3-1-2-4-13(12)19-10-11-5-6-11;/h1-4,11H,5-10,16H2,(H,17,18);1H. The van der Waals surface area contributed by atoms with Crippen LogP contribution >= 0.6 is 12.4 Å². The van der Waals surface area contributed by atoms with E-state index in [1.165, 1.54) is 12.8 Å². The highest BCUT2D eigenvalue weighted by atomic mass is 35.5. The molecule has 0 saturated heterocycles. The number of nitrogens with one attached hydrogen (secondary N) is 1. The fraction of sp³-hybridized carbons (Fsp3) is 0.533. The molecule has 0 radical (unpaired) electrons. The molecular formula is C15H21ClN2O2. The number of hydrogen-bond donors (Lipinski definition) is 2. The fourth-order valence-electron chi connectivity index (χ4n) is 2.00. The number of halogens is 1. The number of rotatable bonds is 6. The molecular weight excluding hydrogens is 276 g/mol. The van der Waals surface area contributed by atoms with Gasteiger partial charge in [0.15, 0.2) is 0 Å². The summed E-state index contributed by atoms with van der Waals surface area (Å²) in [5.74, 6) is 1.54. The van der Waals surface area contributed by atoms with Crippen LogP contribution in [0.3, 0.4) is 0 Å². The molecule has 0 atom stereocenters. The second-order valence-electron chi connectivity index (χ2n) is 5.70. The first-order valence-electron chi connectivity index (χ1n) is 6.95. The number of para-hydroxylation sites is 1. The van der Waals surface area contributed by atoms with E-state index < -0.39 is 5.54 Å². The Morgan fingerprint density at radius 1 is 1.35 bits per heavy atom. The molecule has 2 saturated carbocycles. The van der Waals surface area contributed by atoms with Gasteiger partial charge in [0, 0.05) is 12.1 Å². The lowest BCUT2D eigenvalue weighted by Gasteiger charge is -2.13. The molecule has 5 heteroatoms. The van der Waals surface area contributed by atoms with Crippen LogP contribution in [0.2, 0.25) is 0 Å². The van der Waals surface area contributed by atoms with Gasteiger partial charge in [-0.2, -0.15) is 0 Å². The molecule has 2 aliphatic carbocycles. The van der Waals surface area contributed by atoms with Gasteiger partial charge in [0.2, 0.25) is 5.91 Å². The minimum absolute atomic E-state index is 0. The van der Waals surface area contributed by atoms with Gasteiger partial charge in [0.1, 0.15) is 5.75 Å². The third-order valence-corrected chi connectivity index (χ3v) is 3.82. The molecule has 1 amide bonds. The molecule has 0 unspecified atom stereocenters. The molecule has 0 aliphatic heterocycles. The minimum atomic E-state index is -0.607. The van der Waals surface area contributed by atoms with Gasteiger partial charge in [-0.05, 0) is 37.7 Å². The van der Waals surface area contributed by atoms with Crippen molar-refractivity contribution < 1.29 is 9.53 Å². The van der Waals surface area contributed by atoms with Gasteiger partial charge in [-0.1, -0.05) is 18.2 Å². The van der Waals surface area contributed by atoms with Crippen LogP contribution in [0.4, 0.5) is 0 Å². The van der Waals surface area contributed by atoms with Crippen LogP contribution in [0.15, 0.2) is 24.3 Å². The van der Waals surface area contributed by atoms with Crippen molar-refractivity contribution >= 4 is 18.3 Å². The third kappa shape index (κ3) is 3.64. The van der Waals surface area contributed by atoms with Gasteiger partial charge in [-0.3, -0.25) is 4.79 Å². The minimum Gasteiger partial charge on any atom is -0.493 e. The summed E-state index contributed by atoms with van der Waals surface area (Å²) in [4.78, 5) is 11.8. The van der Waals surface area contributed by atoms with Crippen molar-refractivity contribution in [1.82, 2.24) is 5.32 Å². The lowest BCUT2D eigenvalue weighted by Crippen LogP contribution is -2.42. The van der Waals surface area contributed by atoms with Crippen molar-refractivity contribution in [2.24, 2.45) is 11.7 Å². The quantitative estimate of drug-likeness (QED) is 0.844.